The largest absolute Gasteiger partial charge is 0.336 e. The molecule has 1 saturated heterocycles. The van der Waals surface area contributed by atoms with Crippen molar-refractivity contribution < 1.29 is 4.79 Å². The Balaban J connectivity index is 1.98. The lowest BCUT2D eigenvalue weighted by atomic mass is 10.2. The first-order chi connectivity index (χ1) is 7.86. The summed E-state index contributed by atoms with van der Waals surface area (Å²) in [6.45, 7) is 2.87. The molecule has 16 heavy (non-hydrogen) atoms. The Morgan fingerprint density at radius 3 is 3.12 bits per heavy atom. The lowest BCUT2D eigenvalue weighted by molar-refractivity contribution is -0.131. The van der Waals surface area contributed by atoms with Crippen LogP contribution in [0.25, 0.3) is 0 Å². The molecule has 0 radical (unpaired) electrons. The second-order valence-electron chi connectivity index (χ2n) is 4.02. The summed E-state index contributed by atoms with van der Waals surface area (Å²) in [5, 5.41) is 3.14. The molecule has 1 aliphatic heterocycles. The van der Waals surface area contributed by atoms with Crippen molar-refractivity contribution in [2.24, 2.45) is 0 Å². The molecule has 4 heteroatoms. The van der Waals surface area contributed by atoms with Crippen LogP contribution in [0.5, 0.6) is 0 Å². The van der Waals surface area contributed by atoms with E-state index in [-0.39, 0.29) is 5.91 Å². The van der Waals surface area contributed by atoms with Gasteiger partial charge < -0.3 is 10.2 Å². The van der Waals surface area contributed by atoms with Crippen LogP contribution >= 0.6 is 0 Å². The molecular weight excluding hydrogens is 202 g/mol. The lowest BCUT2D eigenvalue weighted by Gasteiger charge is -2.24. The number of carbonyl (C=O) groups excluding carboxylic acids is 1. The van der Waals surface area contributed by atoms with E-state index in [4.69, 9.17) is 0 Å². The van der Waals surface area contributed by atoms with E-state index in [1.165, 1.54) is 0 Å². The highest BCUT2D eigenvalue weighted by Gasteiger charge is 2.15. The monoisotopic (exact) mass is 219 g/mol. The Hall–Kier alpha value is -1.42. The number of nitrogens with one attached hydrogen (secondary N) is 1. The fourth-order valence-corrected chi connectivity index (χ4v) is 1.84. The first-order valence-corrected chi connectivity index (χ1v) is 5.74. The summed E-state index contributed by atoms with van der Waals surface area (Å²) in [6, 6.07) is 5.80. The van der Waals surface area contributed by atoms with Gasteiger partial charge in [0.15, 0.2) is 0 Å². The van der Waals surface area contributed by atoms with Gasteiger partial charge in [-0.25, -0.2) is 0 Å². The molecule has 1 fully saturated rings. The van der Waals surface area contributed by atoms with Crippen LogP contribution in [-0.4, -0.2) is 35.4 Å². The van der Waals surface area contributed by atoms with Crippen molar-refractivity contribution >= 4 is 5.91 Å². The Kier molecular flexibility index (Phi) is 3.88. The molecule has 0 bridgehead atoms. The second-order valence-corrected chi connectivity index (χ2v) is 4.02. The van der Waals surface area contributed by atoms with Crippen molar-refractivity contribution in [2.75, 3.05) is 19.6 Å². The van der Waals surface area contributed by atoms with Crippen LogP contribution in [0.2, 0.25) is 0 Å². The summed E-state index contributed by atoms with van der Waals surface area (Å²) in [4.78, 5) is 17.9. The summed E-state index contributed by atoms with van der Waals surface area (Å²) in [5.74, 6) is 0.172. The number of hydrogen-bond acceptors (Lipinski definition) is 3. The molecule has 0 saturated carbocycles. The summed E-state index contributed by atoms with van der Waals surface area (Å²) in [6.07, 6.45) is 3.96. The minimum atomic E-state index is 0.172. The van der Waals surface area contributed by atoms with Crippen LogP contribution in [0.15, 0.2) is 24.4 Å². The Morgan fingerprint density at radius 2 is 2.31 bits per heavy atom. The van der Waals surface area contributed by atoms with Gasteiger partial charge in [-0.05, 0) is 31.5 Å². The van der Waals surface area contributed by atoms with Crippen molar-refractivity contribution in [1.29, 1.82) is 0 Å². The quantitative estimate of drug-likeness (QED) is 0.800. The minimum Gasteiger partial charge on any atom is -0.336 e. The van der Waals surface area contributed by atoms with Crippen molar-refractivity contribution in [2.45, 2.75) is 19.4 Å². The van der Waals surface area contributed by atoms with Gasteiger partial charge in [0, 0.05) is 12.7 Å². The maximum absolute atomic E-state index is 11.8. The zero-order chi connectivity index (χ0) is 11.2. The second kappa shape index (κ2) is 5.61. The van der Waals surface area contributed by atoms with Gasteiger partial charge in [-0.15, -0.1) is 0 Å². The van der Waals surface area contributed by atoms with Crippen LogP contribution in [0.4, 0.5) is 0 Å². The number of nitrogens with zero attached hydrogens (tertiary/aromatic N) is 2. The zero-order valence-corrected chi connectivity index (χ0v) is 9.35. The number of amides is 1. The van der Waals surface area contributed by atoms with E-state index in [1.807, 2.05) is 23.1 Å². The molecule has 1 aliphatic rings. The number of pyridine rings is 1. The van der Waals surface area contributed by atoms with Gasteiger partial charge in [0.25, 0.3) is 0 Å². The smallest absolute Gasteiger partial charge is 0.236 e. The third kappa shape index (κ3) is 3.03. The minimum absolute atomic E-state index is 0.172. The molecule has 2 rings (SSSR count). The first kappa shape index (κ1) is 11.1. The van der Waals surface area contributed by atoms with E-state index >= 15 is 0 Å². The molecule has 1 aromatic rings. The summed E-state index contributed by atoms with van der Waals surface area (Å²) in [5.41, 5.74) is 0.955. The number of rotatable bonds is 2. The molecule has 1 aromatic heterocycles. The average Bonchev–Trinajstić information content (AvgIpc) is 2.30. The van der Waals surface area contributed by atoms with E-state index in [2.05, 4.69) is 10.3 Å². The van der Waals surface area contributed by atoms with Crippen LogP contribution in [0.1, 0.15) is 18.5 Å². The zero-order valence-electron chi connectivity index (χ0n) is 9.35. The molecule has 1 N–H and O–H groups in total. The Morgan fingerprint density at radius 1 is 1.38 bits per heavy atom. The van der Waals surface area contributed by atoms with E-state index in [1.54, 1.807) is 6.20 Å². The van der Waals surface area contributed by atoms with E-state index < -0.39 is 0 Å². The predicted molar refractivity (Wildman–Crippen MR) is 61.8 cm³/mol. The normalized spacial score (nSPS) is 18.0. The summed E-state index contributed by atoms with van der Waals surface area (Å²) in [7, 11) is 0. The van der Waals surface area contributed by atoms with Gasteiger partial charge in [-0.1, -0.05) is 6.07 Å². The molecular formula is C12H17N3O. The lowest BCUT2D eigenvalue weighted by Crippen LogP contribution is -2.41. The highest BCUT2D eigenvalue weighted by atomic mass is 16.2. The maximum Gasteiger partial charge on any atom is 0.236 e. The molecule has 0 unspecified atom stereocenters. The van der Waals surface area contributed by atoms with Gasteiger partial charge in [0.05, 0.1) is 18.8 Å². The molecule has 0 aliphatic carbocycles. The van der Waals surface area contributed by atoms with Crippen LogP contribution in [0.3, 0.4) is 0 Å². The molecule has 0 aromatic carbocycles. The van der Waals surface area contributed by atoms with Gasteiger partial charge in [-0.2, -0.15) is 0 Å². The van der Waals surface area contributed by atoms with Crippen LogP contribution < -0.4 is 5.32 Å². The van der Waals surface area contributed by atoms with Gasteiger partial charge >= 0.3 is 0 Å². The highest BCUT2D eigenvalue weighted by Crippen LogP contribution is 2.05. The number of aromatic nitrogens is 1. The van der Waals surface area contributed by atoms with E-state index in [0.717, 1.165) is 31.6 Å². The molecule has 1 amide bonds. The van der Waals surface area contributed by atoms with E-state index in [9.17, 15) is 4.79 Å². The standard InChI is InChI=1S/C12H17N3O/c16-12-9-13-6-3-4-8-15(12)10-11-5-1-2-7-14-11/h1-2,5,7,13H,3-4,6,8-10H2. The molecule has 0 atom stereocenters. The SMILES string of the molecule is O=C1CNCCCCN1Cc1ccccn1. The van der Waals surface area contributed by atoms with Crippen molar-refractivity contribution in [3.05, 3.63) is 30.1 Å². The summed E-state index contributed by atoms with van der Waals surface area (Å²) >= 11 is 0. The Bertz CT molecular complexity index is 339. The van der Waals surface area contributed by atoms with Crippen LogP contribution in [0, 0.1) is 0 Å². The first-order valence-electron chi connectivity index (χ1n) is 5.74. The third-order valence-corrected chi connectivity index (χ3v) is 2.74. The van der Waals surface area contributed by atoms with E-state index in [0.29, 0.717) is 13.1 Å². The van der Waals surface area contributed by atoms with Crippen molar-refractivity contribution in [3.63, 3.8) is 0 Å². The molecule has 4 nitrogen and oxygen atoms in total. The molecule has 0 spiro atoms. The van der Waals surface area contributed by atoms with Crippen molar-refractivity contribution in [1.82, 2.24) is 15.2 Å². The topological polar surface area (TPSA) is 45.2 Å². The van der Waals surface area contributed by atoms with Crippen LogP contribution in [-0.2, 0) is 11.3 Å². The number of carbonyl (C=O) groups is 1. The summed E-state index contributed by atoms with van der Waals surface area (Å²) < 4.78 is 0. The number of hydrogen-bond donors (Lipinski definition) is 1. The predicted octanol–water partition coefficient (Wildman–Crippen LogP) is 0.794. The molecule has 86 valence electrons. The maximum atomic E-state index is 11.8. The fourth-order valence-electron chi connectivity index (χ4n) is 1.84. The van der Waals surface area contributed by atoms with Gasteiger partial charge in [-0.3, -0.25) is 9.78 Å². The van der Waals surface area contributed by atoms with Gasteiger partial charge in [0.1, 0.15) is 0 Å². The Labute approximate surface area is 95.7 Å². The molecule has 2 heterocycles. The van der Waals surface area contributed by atoms with Crippen molar-refractivity contribution in [3.8, 4) is 0 Å². The average molecular weight is 219 g/mol. The highest BCUT2D eigenvalue weighted by molar-refractivity contribution is 5.78. The third-order valence-electron chi connectivity index (χ3n) is 2.74. The fraction of sp³-hybridized carbons (Fsp3) is 0.500. The van der Waals surface area contributed by atoms with Gasteiger partial charge in [0.2, 0.25) is 5.91 Å².